The Labute approximate surface area is 130 Å². The minimum Gasteiger partial charge on any atom is -0.237 e. The van der Waals surface area contributed by atoms with E-state index in [2.05, 4.69) is 45.1 Å². The van der Waals surface area contributed by atoms with Crippen LogP contribution in [0.5, 0.6) is 0 Å². The SMILES string of the molecule is CCCc1ccc(-n2ccc(-c3ccc(Br)s3)n2)nc1. The number of thiophene rings is 1. The van der Waals surface area contributed by atoms with Gasteiger partial charge in [0.15, 0.2) is 5.82 Å². The fraction of sp³-hybridized carbons (Fsp3) is 0.200. The monoisotopic (exact) mass is 347 g/mol. The maximum absolute atomic E-state index is 4.58. The van der Waals surface area contributed by atoms with Gasteiger partial charge >= 0.3 is 0 Å². The summed E-state index contributed by atoms with van der Waals surface area (Å²) in [6.07, 6.45) is 6.09. The van der Waals surface area contributed by atoms with E-state index in [0.717, 1.165) is 33.0 Å². The van der Waals surface area contributed by atoms with E-state index < -0.39 is 0 Å². The lowest BCUT2D eigenvalue weighted by atomic mass is 10.2. The van der Waals surface area contributed by atoms with Gasteiger partial charge < -0.3 is 0 Å². The maximum Gasteiger partial charge on any atom is 0.153 e. The Balaban J connectivity index is 1.86. The van der Waals surface area contributed by atoms with E-state index >= 15 is 0 Å². The molecule has 0 aliphatic carbocycles. The van der Waals surface area contributed by atoms with Gasteiger partial charge in [-0.25, -0.2) is 9.67 Å². The molecule has 3 aromatic heterocycles. The Morgan fingerprint density at radius 2 is 2.10 bits per heavy atom. The van der Waals surface area contributed by atoms with Crippen LogP contribution in [0.25, 0.3) is 16.4 Å². The van der Waals surface area contributed by atoms with E-state index in [9.17, 15) is 0 Å². The predicted molar refractivity (Wildman–Crippen MR) is 86.4 cm³/mol. The number of aryl methyl sites for hydroxylation is 1. The fourth-order valence-corrected chi connectivity index (χ4v) is 3.37. The molecule has 0 unspecified atom stereocenters. The molecule has 3 heterocycles. The van der Waals surface area contributed by atoms with Crippen LogP contribution in [-0.4, -0.2) is 14.8 Å². The summed E-state index contributed by atoms with van der Waals surface area (Å²) in [5.74, 6) is 0.853. The van der Waals surface area contributed by atoms with Crippen molar-refractivity contribution in [3.63, 3.8) is 0 Å². The van der Waals surface area contributed by atoms with E-state index in [1.54, 1.807) is 11.3 Å². The quantitative estimate of drug-likeness (QED) is 0.684. The van der Waals surface area contributed by atoms with E-state index in [-0.39, 0.29) is 0 Å². The van der Waals surface area contributed by atoms with Crippen LogP contribution in [0.4, 0.5) is 0 Å². The van der Waals surface area contributed by atoms with Crippen LogP contribution in [0.3, 0.4) is 0 Å². The average Bonchev–Trinajstić information content (AvgIpc) is 3.09. The Morgan fingerprint density at radius 3 is 2.75 bits per heavy atom. The van der Waals surface area contributed by atoms with Gasteiger partial charge in [-0.3, -0.25) is 0 Å². The van der Waals surface area contributed by atoms with Crippen LogP contribution in [0.15, 0.2) is 46.5 Å². The molecule has 3 rings (SSSR count). The van der Waals surface area contributed by atoms with Gasteiger partial charge in [0.25, 0.3) is 0 Å². The summed E-state index contributed by atoms with van der Waals surface area (Å²) in [6, 6.07) is 10.3. The smallest absolute Gasteiger partial charge is 0.153 e. The molecule has 3 aromatic rings. The van der Waals surface area contributed by atoms with E-state index in [1.807, 2.05) is 35.3 Å². The van der Waals surface area contributed by atoms with Crippen molar-refractivity contribution in [1.29, 1.82) is 0 Å². The van der Waals surface area contributed by atoms with Gasteiger partial charge in [0.05, 0.1) is 8.66 Å². The molecule has 0 aliphatic rings. The van der Waals surface area contributed by atoms with Crippen LogP contribution in [-0.2, 0) is 6.42 Å². The third kappa shape index (κ3) is 2.83. The molecular formula is C15H14BrN3S. The highest BCUT2D eigenvalue weighted by atomic mass is 79.9. The molecule has 0 saturated carbocycles. The molecule has 3 nitrogen and oxygen atoms in total. The van der Waals surface area contributed by atoms with E-state index in [1.165, 1.54) is 5.56 Å². The van der Waals surface area contributed by atoms with Crippen molar-refractivity contribution in [3.8, 4) is 16.4 Å². The second-order valence-corrected chi connectivity index (χ2v) is 6.99. The van der Waals surface area contributed by atoms with Crippen molar-refractivity contribution >= 4 is 27.3 Å². The van der Waals surface area contributed by atoms with Crippen molar-refractivity contribution in [1.82, 2.24) is 14.8 Å². The first-order valence-corrected chi connectivity index (χ1v) is 8.14. The standard InChI is InChI=1S/C15H14BrN3S/c1-2-3-11-4-7-15(17-10-11)19-9-8-12(18-19)13-5-6-14(16)20-13/h4-10H,2-3H2,1H3. The van der Waals surface area contributed by atoms with Gasteiger partial charge in [0, 0.05) is 12.4 Å². The highest BCUT2D eigenvalue weighted by Crippen LogP contribution is 2.30. The van der Waals surface area contributed by atoms with Crippen molar-refractivity contribution in [2.24, 2.45) is 0 Å². The minimum atomic E-state index is 0.853. The maximum atomic E-state index is 4.58. The summed E-state index contributed by atoms with van der Waals surface area (Å²) in [4.78, 5) is 5.63. The first kappa shape index (κ1) is 13.5. The predicted octanol–water partition coefficient (Wildman–Crippen LogP) is 4.71. The second kappa shape index (κ2) is 5.89. The molecular weight excluding hydrogens is 334 g/mol. The molecule has 0 atom stereocenters. The fourth-order valence-electron chi connectivity index (χ4n) is 2.02. The first-order chi connectivity index (χ1) is 9.76. The molecule has 0 amide bonds. The van der Waals surface area contributed by atoms with Crippen LogP contribution in [0.2, 0.25) is 0 Å². The number of rotatable bonds is 4. The van der Waals surface area contributed by atoms with Crippen molar-refractivity contribution in [2.75, 3.05) is 0 Å². The normalized spacial score (nSPS) is 10.9. The van der Waals surface area contributed by atoms with Crippen LogP contribution >= 0.6 is 27.3 Å². The summed E-state index contributed by atoms with van der Waals surface area (Å²) in [5.41, 5.74) is 2.24. The van der Waals surface area contributed by atoms with Gasteiger partial charge in [-0.2, -0.15) is 5.10 Å². The Kier molecular flexibility index (Phi) is 3.98. The first-order valence-electron chi connectivity index (χ1n) is 6.53. The Bertz CT molecular complexity index is 700. The van der Waals surface area contributed by atoms with Crippen molar-refractivity contribution in [3.05, 3.63) is 52.1 Å². The molecule has 0 fully saturated rings. The lowest BCUT2D eigenvalue weighted by molar-refractivity contribution is 0.841. The second-order valence-electron chi connectivity index (χ2n) is 4.52. The zero-order valence-corrected chi connectivity index (χ0v) is 13.5. The molecule has 0 spiro atoms. The number of pyridine rings is 1. The van der Waals surface area contributed by atoms with Crippen LogP contribution in [0.1, 0.15) is 18.9 Å². The summed E-state index contributed by atoms with van der Waals surface area (Å²) < 4.78 is 2.93. The Morgan fingerprint density at radius 1 is 1.20 bits per heavy atom. The van der Waals surface area contributed by atoms with Gasteiger partial charge in [-0.15, -0.1) is 11.3 Å². The van der Waals surface area contributed by atoms with Gasteiger partial charge in [-0.05, 0) is 52.2 Å². The van der Waals surface area contributed by atoms with E-state index in [0.29, 0.717) is 0 Å². The van der Waals surface area contributed by atoms with Crippen LogP contribution < -0.4 is 0 Å². The topological polar surface area (TPSA) is 30.7 Å². The molecule has 0 N–H and O–H groups in total. The summed E-state index contributed by atoms with van der Waals surface area (Å²) in [5, 5.41) is 4.58. The van der Waals surface area contributed by atoms with Gasteiger partial charge in [-0.1, -0.05) is 19.4 Å². The molecule has 5 heteroatoms. The van der Waals surface area contributed by atoms with Crippen molar-refractivity contribution in [2.45, 2.75) is 19.8 Å². The highest BCUT2D eigenvalue weighted by molar-refractivity contribution is 9.11. The molecule has 20 heavy (non-hydrogen) atoms. The van der Waals surface area contributed by atoms with Gasteiger partial charge in [0.2, 0.25) is 0 Å². The zero-order chi connectivity index (χ0) is 13.9. The lowest BCUT2D eigenvalue weighted by Crippen LogP contribution is -1.98. The third-order valence-electron chi connectivity index (χ3n) is 3.00. The summed E-state index contributed by atoms with van der Waals surface area (Å²) in [7, 11) is 0. The molecule has 0 aromatic carbocycles. The largest absolute Gasteiger partial charge is 0.237 e. The molecule has 102 valence electrons. The number of hydrogen-bond acceptors (Lipinski definition) is 3. The average molecular weight is 348 g/mol. The minimum absolute atomic E-state index is 0.853. The third-order valence-corrected chi connectivity index (χ3v) is 4.64. The molecule has 0 saturated heterocycles. The Hall–Kier alpha value is -1.46. The number of nitrogens with zero attached hydrogens (tertiary/aromatic N) is 3. The lowest BCUT2D eigenvalue weighted by Gasteiger charge is -2.02. The van der Waals surface area contributed by atoms with Gasteiger partial charge in [0.1, 0.15) is 5.69 Å². The van der Waals surface area contributed by atoms with Crippen LogP contribution in [0, 0.1) is 0 Å². The number of aromatic nitrogens is 3. The summed E-state index contributed by atoms with van der Waals surface area (Å²) >= 11 is 5.15. The van der Waals surface area contributed by atoms with Crippen molar-refractivity contribution < 1.29 is 0 Å². The summed E-state index contributed by atoms with van der Waals surface area (Å²) in [6.45, 7) is 2.17. The molecule has 0 radical (unpaired) electrons. The number of hydrogen-bond donors (Lipinski definition) is 0. The molecule has 0 aliphatic heterocycles. The number of halogens is 1. The molecule has 0 bridgehead atoms. The zero-order valence-electron chi connectivity index (χ0n) is 11.1. The highest BCUT2D eigenvalue weighted by Gasteiger charge is 2.07. The van der Waals surface area contributed by atoms with E-state index in [4.69, 9.17) is 0 Å².